The molecular formula is C24H31NO7. The second-order valence-electron chi connectivity index (χ2n) is 8.46. The van der Waals surface area contributed by atoms with Gasteiger partial charge in [0.05, 0.1) is 0 Å². The molecule has 0 fully saturated rings. The van der Waals surface area contributed by atoms with Gasteiger partial charge in [-0.05, 0) is 56.0 Å². The molecule has 6 N–H and O–H groups in total. The maximum Gasteiger partial charge on any atom is 0.343 e. The number of rotatable bonds is 5. The van der Waals surface area contributed by atoms with Crippen molar-refractivity contribution >= 4 is 24.1 Å². The second kappa shape index (κ2) is 11.2. The zero-order valence-electron chi connectivity index (χ0n) is 18.9. The van der Waals surface area contributed by atoms with E-state index in [1.54, 1.807) is 58.9 Å². The molecule has 1 atom stereocenters. The Morgan fingerprint density at radius 2 is 1.53 bits per heavy atom. The normalized spacial score (nSPS) is 12.2. The molecule has 32 heavy (non-hydrogen) atoms. The summed E-state index contributed by atoms with van der Waals surface area (Å²) < 4.78 is 5.31. The number of nitrogens with two attached hydrogens (primary N) is 1. The number of aromatic hydroxyl groups is 3. The average molecular weight is 446 g/mol. The highest BCUT2D eigenvalue weighted by molar-refractivity contribution is 5.98. The van der Waals surface area contributed by atoms with E-state index in [-0.39, 0.29) is 28.7 Å². The second-order valence-corrected chi connectivity index (χ2v) is 8.46. The van der Waals surface area contributed by atoms with Gasteiger partial charge in [-0.25, -0.2) is 4.79 Å². The van der Waals surface area contributed by atoms with Crippen LogP contribution in [0.5, 0.6) is 17.2 Å². The van der Waals surface area contributed by atoms with Gasteiger partial charge < -0.3 is 30.9 Å². The number of phenols is 3. The van der Waals surface area contributed by atoms with Gasteiger partial charge in [-0.2, -0.15) is 0 Å². The van der Waals surface area contributed by atoms with Crippen molar-refractivity contribution in [2.75, 3.05) is 0 Å². The summed E-state index contributed by atoms with van der Waals surface area (Å²) in [7, 11) is 0. The van der Waals surface area contributed by atoms with Crippen molar-refractivity contribution in [1.29, 1.82) is 0 Å². The van der Waals surface area contributed by atoms with E-state index in [1.165, 1.54) is 18.2 Å². The van der Waals surface area contributed by atoms with E-state index in [1.807, 2.05) is 0 Å². The van der Waals surface area contributed by atoms with Crippen LogP contribution in [0.3, 0.4) is 0 Å². The monoisotopic (exact) mass is 445 g/mol. The number of carbonyl (C=O) groups excluding carboxylic acids is 1. The summed E-state index contributed by atoms with van der Waals surface area (Å²) in [6, 6.07) is 8.22. The third-order valence-electron chi connectivity index (χ3n) is 4.09. The number of hydrogen-bond acceptors (Lipinski definition) is 7. The van der Waals surface area contributed by atoms with Crippen LogP contribution in [0.25, 0.3) is 12.2 Å². The molecule has 0 aromatic heterocycles. The first-order chi connectivity index (χ1) is 14.7. The lowest BCUT2D eigenvalue weighted by Gasteiger charge is -2.20. The van der Waals surface area contributed by atoms with Crippen LogP contribution >= 0.6 is 0 Å². The summed E-state index contributed by atoms with van der Waals surface area (Å²) in [4.78, 5) is 22.4. The van der Waals surface area contributed by atoms with Crippen molar-refractivity contribution in [2.45, 2.75) is 46.3 Å². The standard InChI is InChI=1S/C19H20O5.C5H11NO2/c1-19(2,3)24-18(23)17-13(10-15(21)11-16(17)22)7-4-12-5-8-14(20)9-6-12;1-3(2)4(6)5(7)8/h4-11,20-22H,1-3H3;3-4H,6H2,1-2H3,(H,7,8)/t;4-/m.0/s1. The Bertz CT molecular complexity index is 958. The molecule has 2 aromatic carbocycles. The highest BCUT2D eigenvalue weighted by Crippen LogP contribution is 2.30. The first-order valence-corrected chi connectivity index (χ1v) is 9.96. The van der Waals surface area contributed by atoms with Crippen molar-refractivity contribution in [2.24, 2.45) is 11.7 Å². The molecule has 8 heteroatoms. The van der Waals surface area contributed by atoms with E-state index in [0.29, 0.717) is 5.56 Å². The van der Waals surface area contributed by atoms with Gasteiger partial charge in [0.15, 0.2) is 0 Å². The van der Waals surface area contributed by atoms with Gasteiger partial charge in [0, 0.05) is 6.07 Å². The van der Waals surface area contributed by atoms with E-state index in [2.05, 4.69) is 0 Å². The molecule has 0 saturated heterocycles. The number of hydrogen-bond donors (Lipinski definition) is 5. The fourth-order valence-corrected chi connectivity index (χ4v) is 2.37. The number of esters is 1. The summed E-state index contributed by atoms with van der Waals surface area (Å²) >= 11 is 0. The van der Waals surface area contributed by atoms with Crippen molar-refractivity contribution in [3.8, 4) is 17.2 Å². The van der Waals surface area contributed by atoms with Gasteiger partial charge in [0.2, 0.25) is 0 Å². The van der Waals surface area contributed by atoms with Gasteiger partial charge in [-0.1, -0.05) is 38.1 Å². The molecule has 2 aromatic rings. The average Bonchev–Trinajstić information content (AvgIpc) is 2.65. The quantitative estimate of drug-likeness (QED) is 0.342. The van der Waals surface area contributed by atoms with Crippen LogP contribution in [0.2, 0.25) is 0 Å². The molecule has 0 spiro atoms. The molecule has 8 nitrogen and oxygen atoms in total. The van der Waals surface area contributed by atoms with Crippen molar-refractivity contribution in [1.82, 2.24) is 0 Å². The molecule has 0 amide bonds. The summed E-state index contributed by atoms with van der Waals surface area (Å²) in [5.74, 6) is -1.95. The molecular weight excluding hydrogens is 414 g/mol. The van der Waals surface area contributed by atoms with Crippen LogP contribution < -0.4 is 5.73 Å². The fourth-order valence-electron chi connectivity index (χ4n) is 2.37. The predicted octanol–water partition coefficient (Wildman–Crippen LogP) is 3.98. The van der Waals surface area contributed by atoms with Crippen LogP contribution in [0, 0.1) is 5.92 Å². The Morgan fingerprint density at radius 1 is 0.969 bits per heavy atom. The maximum atomic E-state index is 12.3. The number of benzene rings is 2. The van der Waals surface area contributed by atoms with E-state index >= 15 is 0 Å². The van der Waals surface area contributed by atoms with E-state index in [9.17, 15) is 24.9 Å². The third kappa shape index (κ3) is 8.69. The number of ether oxygens (including phenoxy) is 1. The molecule has 0 radical (unpaired) electrons. The van der Waals surface area contributed by atoms with Gasteiger partial charge in [0.25, 0.3) is 0 Å². The summed E-state index contributed by atoms with van der Waals surface area (Å²) in [5, 5.41) is 37.2. The number of aliphatic carboxylic acids is 1. The zero-order chi connectivity index (χ0) is 24.6. The van der Waals surface area contributed by atoms with Crippen LogP contribution in [-0.2, 0) is 9.53 Å². The van der Waals surface area contributed by atoms with E-state index in [0.717, 1.165) is 11.6 Å². The Labute approximate surface area is 187 Å². The Kier molecular flexibility index (Phi) is 9.28. The highest BCUT2D eigenvalue weighted by Gasteiger charge is 2.23. The van der Waals surface area contributed by atoms with Gasteiger partial charge in [-0.3, -0.25) is 4.79 Å². The highest BCUT2D eigenvalue weighted by atomic mass is 16.6. The molecule has 0 aliphatic heterocycles. The Balaban J connectivity index is 0.000000547. The zero-order valence-corrected chi connectivity index (χ0v) is 18.9. The van der Waals surface area contributed by atoms with Crippen LogP contribution in [0.1, 0.15) is 56.1 Å². The SMILES string of the molecule is CC(C)(C)OC(=O)c1c(O)cc(O)cc1C=Cc1ccc(O)cc1.CC(C)[C@H](N)C(=O)O. The Morgan fingerprint density at radius 3 is 1.97 bits per heavy atom. The predicted molar refractivity (Wildman–Crippen MR) is 122 cm³/mol. The summed E-state index contributed by atoms with van der Waals surface area (Å²) in [6.07, 6.45) is 3.28. The molecule has 0 aliphatic rings. The number of carboxylic acids is 1. The van der Waals surface area contributed by atoms with Gasteiger partial charge in [-0.15, -0.1) is 0 Å². The Hall–Kier alpha value is -3.52. The molecule has 0 saturated carbocycles. The smallest absolute Gasteiger partial charge is 0.343 e. The van der Waals surface area contributed by atoms with Crippen LogP contribution in [-0.4, -0.2) is 44.0 Å². The lowest BCUT2D eigenvalue weighted by atomic mass is 10.0. The van der Waals surface area contributed by atoms with Gasteiger partial charge in [0.1, 0.15) is 34.5 Å². The molecule has 174 valence electrons. The van der Waals surface area contributed by atoms with Crippen molar-refractivity contribution in [3.63, 3.8) is 0 Å². The van der Waals surface area contributed by atoms with E-state index < -0.39 is 23.6 Å². The van der Waals surface area contributed by atoms with E-state index in [4.69, 9.17) is 15.6 Å². The molecule has 0 unspecified atom stereocenters. The molecule has 0 heterocycles. The van der Waals surface area contributed by atoms with Gasteiger partial charge >= 0.3 is 11.9 Å². The topological polar surface area (TPSA) is 150 Å². The first kappa shape index (κ1) is 26.5. The molecule has 0 bridgehead atoms. The molecule has 2 rings (SSSR count). The number of carbonyl (C=O) groups is 2. The summed E-state index contributed by atoms with van der Waals surface area (Å²) in [5.41, 5.74) is 5.55. The maximum absolute atomic E-state index is 12.3. The van der Waals surface area contributed by atoms with Crippen LogP contribution in [0.15, 0.2) is 36.4 Å². The third-order valence-corrected chi connectivity index (χ3v) is 4.09. The van der Waals surface area contributed by atoms with Crippen molar-refractivity contribution in [3.05, 3.63) is 53.1 Å². The summed E-state index contributed by atoms with van der Waals surface area (Å²) in [6.45, 7) is 8.74. The lowest BCUT2D eigenvalue weighted by molar-refractivity contribution is -0.139. The fraction of sp³-hybridized carbons (Fsp3) is 0.333. The number of phenolic OH excluding ortho intramolecular Hbond substituents is 3. The minimum absolute atomic E-state index is 0.0160. The molecule has 0 aliphatic carbocycles. The minimum atomic E-state index is -0.931. The minimum Gasteiger partial charge on any atom is -0.508 e. The number of carboxylic acid groups (broad SMARTS) is 1. The lowest BCUT2D eigenvalue weighted by Crippen LogP contribution is -2.34. The largest absolute Gasteiger partial charge is 0.508 e. The van der Waals surface area contributed by atoms with Crippen LogP contribution in [0.4, 0.5) is 0 Å². The van der Waals surface area contributed by atoms with Crippen molar-refractivity contribution < 1.29 is 34.8 Å². The first-order valence-electron chi connectivity index (χ1n) is 9.96.